The van der Waals surface area contributed by atoms with Crippen LogP contribution in [0.5, 0.6) is 0 Å². The summed E-state index contributed by atoms with van der Waals surface area (Å²) in [5, 5.41) is 10.6. The van der Waals surface area contributed by atoms with Crippen LogP contribution in [0.3, 0.4) is 0 Å². The summed E-state index contributed by atoms with van der Waals surface area (Å²) in [6.45, 7) is 1.73. The van der Waals surface area contributed by atoms with Gasteiger partial charge in [0.15, 0.2) is 0 Å². The number of nitrogens with zero attached hydrogens (tertiary/aromatic N) is 1. The standard InChI is InChI=1S/C7H5Cl2NO2/c1-4-2-3-5(10(11)12)7(9)6(4)8/h2-3H,1H3. The number of nitro benzene ring substituents is 1. The van der Waals surface area contributed by atoms with E-state index in [1.165, 1.54) is 6.07 Å². The first-order chi connectivity index (χ1) is 5.54. The van der Waals surface area contributed by atoms with Crippen molar-refractivity contribution in [1.82, 2.24) is 0 Å². The Hall–Kier alpha value is -0.800. The van der Waals surface area contributed by atoms with Gasteiger partial charge >= 0.3 is 0 Å². The van der Waals surface area contributed by atoms with Crippen LogP contribution in [0.4, 0.5) is 5.69 Å². The van der Waals surface area contributed by atoms with Gasteiger partial charge in [0, 0.05) is 6.07 Å². The highest BCUT2D eigenvalue weighted by Crippen LogP contribution is 2.33. The molecule has 0 saturated heterocycles. The van der Waals surface area contributed by atoms with E-state index in [4.69, 9.17) is 23.2 Å². The Balaban J connectivity index is 3.36. The number of hydrogen-bond donors (Lipinski definition) is 0. The summed E-state index contributed by atoms with van der Waals surface area (Å²) in [6, 6.07) is 2.90. The molecule has 5 heteroatoms. The predicted molar refractivity (Wildman–Crippen MR) is 47.9 cm³/mol. The largest absolute Gasteiger partial charge is 0.289 e. The molecule has 0 saturated carbocycles. The molecular weight excluding hydrogens is 201 g/mol. The van der Waals surface area contributed by atoms with Crippen molar-refractivity contribution in [2.45, 2.75) is 6.92 Å². The van der Waals surface area contributed by atoms with Gasteiger partial charge < -0.3 is 0 Å². The first kappa shape index (κ1) is 9.29. The zero-order valence-electron chi connectivity index (χ0n) is 6.17. The molecule has 0 amide bonds. The lowest BCUT2D eigenvalue weighted by molar-refractivity contribution is -0.384. The van der Waals surface area contributed by atoms with Gasteiger partial charge in [0.25, 0.3) is 5.69 Å². The van der Waals surface area contributed by atoms with E-state index >= 15 is 0 Å². The van der Waals surface area contributed by atoms with Crippen molar-refractivity contribution < 1.29 is 4.92 Å². The molecule has 0 aliphatic heterocycles. The van der Waals surface area contributed by atoms with Gasteiger partial charge in [-0.15, -0.1) is 0 Å². The van der Waals surface area contributed by atoms with Gasteiger partial charge in [-0.25, -0.2) is 0 Å². The number of aryl methyl sites for hydroxylation is 1. The van der Waals surface area contributed by atoms with Crippen LogP contribution >= 0.6 is 23.2 Å². The normalized spacial score (nSPS) is 9.92. The van der Waals surface area contributed by atoms with Crippen molar-refractivity contribution in [1.29, 1.82) is 0 Å². The van der Waals surface area contributed by atoms with Crippen LogP contribution in [0.15, 0.2) is 12.1 Å². The molecule has 64 valence electrons. The summed E-state index contributed by atoms with van der Waals surface area (Å²) in [5.41, 5.74) is 0.569. The second kappa shape index (κ2) is 3.29. The quantitative estimate of drug-likeness (QED) is 0.522. The Morgan fingerprint density at radius 1 is 1.33 bits per heavy atom. The molecule has 0 N–H and O–H groups in total. The summed E-state index contributed by atoms with van der Waals surface area (Å²) in [7, 11) is 0. The van der Waals surface area contributed by atoms with Gasteiger partial charge in [0.05, 0.1) is 9.95 Å². The molecule has 0 atom stereocenters. The van der Waals surface area contributed by atoms with Crippen molar-refractivity contribution in [3.05, 3.63) is 37.9 Å². The molecule has 0 aliphatic carbocycles. The van der Waals surface area contributed by atoms with E-state index in [2.05, 4.69) is 0 Å². The Bertz CT molecular complexity index is 338. The van der Waals surface area contributed by atoms with E-state index in [0.717, 1.165) is 5.56 Å². The molecule has 0 bridgehead atoms. The number of rotatable bonds is 1. The summed E-state index contributed by atoms with van der Waals surface area (Å²) in [4.78, 5) is 9.79. The lowest BCUT2D eigenvalue weighted by Gasteiger charge is -1.99. The minimum Gasteiger partial charge on any atom is -0.258 e. The molecule has 1 aromatic rings. The molecule has 0 unspecified atom stereocenters. The zero-order chi connectivity index (χ0) is 9.30. The fourth-order valence-electron chi connectivity index (χ4n) is 0.777. The molecule has 1 rings (SSSR count). The fourth-order valence-corrected chi connectivity index (χ4v) is 1.22. The topological polar surface area (TPSA) is 43.1 Å². The average molecular weight is 206 g/mol. The number of benzene rings is 1. The highest BCUT2D eigenvalue weighted by molar-refractivity contribution is 6.43. The predicted octanol–water partition coefficient (Wildman–Crippen LogP) is 3.21. The maximum atomic E-state index is 10.3. The van der Waals surface area contributed by atoms with Crippen LogP contribution in [0.1, 0.15) is 5.56 Å². The van der Waals surface area contributed by atoms with Crippen LogP contribution in [0.25, 0.3) is 0 Å². The maximum absolute atomic E-state index is 10.3. The SMILES string of the molecule is Cc1ccc([N+](=O)[O-])c(Cl)c1Cl. The van der Waals surface area contributed by atoms with Gasteiger partial charge in [-0.1, -0.05) is 29.3 Å². The molecule has 0 heterocycles. The van der Waals surface area contributed by atoms with E-state index in [1.807, 2.05) is 0 Å². The number of halogens is 2. The van der Waals surface area contributed by atoms with Crippen LogP contribution in [0, 0.1) is 17.0 Å². The summed E-state index contributed by atoms with van der Waals surface area (Å²) >= 11 is 11.3. The van der Waals surface area contributed by atoms with E-state index in [9.17, 15) is 10.1 Å². The van der Waals surface area contributed by atoms with Crippen molar-refractivity contribution in [2.75, 3.05) is 0 Å². The van der Waals surface area contributed by atoms with Crippen molar-refractivity contribution in [3.8, 4) is 0 Å². The van der Waals surface area contributed by atoms with Crippen molar-refractivity contribution in [2.24, 2.45) is 0 Å². The van der Waals surface area contributed by atoms with E-state index in [-0.39, 0.29) is 15.7 Å². The second-order valence-electron chi connectivity index (χ2n) is 2.29. The second-order valence-corrected chi connectivity index (χ2v) is 3.04. The lowest BCUT2D eigenvalue weighted by atomic mass is 10.2. The first-order valence-electron chi connectivity index (χ1n) is 3.13. The van der Waals surface area contributed by atoms with Crippen LogP contribution in [-0.4, -0.2) is 4.92 Å². The molecule has 0 aliphatic rings. The van der Waals surface area contributed by atoms with Gasteiger partial charge in [0.2, 0.25) is 0 Å². The number of nitro groups is 1. The molecule has 0 spiro atoms. The summed E-state index contributed by atoms with van der Waals surface area (Å²) in [5.74, 6) is 0. The van der Waals surface area contributed by atoms with Gasteiger partial charge in [-0.05, 0) is 12.5 Å². The first-order valence-corrected chi connectivity index (χ1v) is 3.88. The third-order valence-corrected chi connectivity index (χ3v) is 2.42. The number of hydrogen-bond acceptors (Lipinski definition) is 2. The molecule has 0 aromatic heterocycles. The Morgan fingerprint density at radius 2 is 1.92 bits per heavy atom. The third kappa shape index (κ3) is 1.52. The Morgan fingerprint density at radius 3 is 2.42 bits per heavy atom. The molecule has 0 radical (unpaired) electrons. The summed E-state index contributed by atoms with van der Waals surface area (Å²) in [6.07, 6.45) is 0. The Labute approximate surface area is 79.1 Å². The van der Waals surface area contributed by atoms with E-state index < -0.39 is 4.92 Å². The van der Waals surface area contributed by atoms with Crippen molar-refractivity contribution in [3.63, 3.8) is 0 Å². The van der Waals surface area contributed by atoms with E-state index in [0.29, 0.717) is 0 Å². The highest BCUT2D eigenvalue weighted by Gasteiger charge is 2.15. The molecule has 1 aromatic carbocycles. The van der Waals surface area contributed by atoms with Gasteiger partial charge in [0.1, 0.15) is 5.02 Å². The van der Waals surface area contributed by atoms with Gasteiger partial charge in [-0.2, -0.15) is 0 Å². The maximum Gasteiger partial charge on any atom is 0.289 e. The molecule has 3 nitrogen and oxygen atoms in total. The van der Waals surface area contributed by atoms with E-state index in [1.54, 1.807) is 13.0 Å². The smallest absolute Gasteiger partial charge is 0.258 e. The van der Waals surface area contributed by atoms with Crippen LogP contribution in [-0.2, 0) is 0 Å². The Kier molecular flexibility index (Phi) is 2.55. The van der Waals surface area contributed by atoms with Gasteiger partial charge in [-0.3, -0.25) is 10.1 Å². The van der Waals surface area contributed by atoms with Crippen LogP contribution < -0.4 is 0 Å². The zero-order valence-corrected chi connectivity index (χ0v) is 7.69. The molecular formula is C7H5Cl2NO2. The average Bonchev–Trinajstić information content (AvgIpc) is 2.00. The van der Waals surface area contributed by atoms with Crippen molar-refractivity contribution >= 4 is 28.9 Å². The van der Waals surface area contributed by atoms with Crippen LogP contribution in [0.2, 0.25) is 10.0 Å². The summed E-state index contributed by atoms with van der Waals surface area (Å²) < 4.78 is 0. The molecule has 12 heavy (non-hydrogen) atoms. The highest BCUT2D eigenvalue weighted by atomic mass is 35.5. The minimum absolute atomic E-state index is 0.00154. The lowest BCUT2D eigenvalue weighted by Crippen LogP contribution is -1.90. The monoisotopic (exact) mass is 205 g/mol. The minimum atomic E-state index is -0.562. The fraction of sp³-hybridized carbons (Fsp3) is 0.143. The third-order valence-electron chi connectivity index (χ3n) is 1.45. The molecule has 0 fully saturated rings.